The van der Waals surface area contributed by atoms with Crippen molar-refractivity contribution >= 4 is 0 Å². The van der Waals surface area contributed by atoms with E-state index in [2.05, 4.69) is 0 Å². The maximum atomic E-state index is 9.18. The summed E-state index contributed by atoms with van der Waals surface area (Å²) in [5.74, 6) is 0. The molecule has 0 rings (SSSR count). The second-order valence-corrected chi connectivity index (χ2v) is 2.44. The zero-order valence-corrected chi connectivity index (χ0v) is 7.69. The van der Waals surface area contributed by atoms with Crippen molar-refractivity contribution in [3.05, 3.63) is 0 Å². The molecule has 0 aliphatic heterocycles. The van der Waals surface area contributed by atoms with E-state index in [9.17, 15) is 5.11 Å². The van der Waals surface area contributed by atoms with E-state index < -0.39 is 12.4 Å². The van der Waals surface area contributed by atoms with Gasteiger partial charge in [-0.25, -0.2) is 0 Å². The molecule has 4 heteroatoms. The molecule has 0 radical (unpaired) electrons. The molecule has 0 aromatic heterocycles. The predicted molar refractivity (Wildman–Crippen MR) is 44.7 cm³/mol. The summed E-state index contributed by atoms with van der Waals surface area (Å²) in [6, 6.07) is 0. The first-order chi connectivity index (χ1) is 5.76. The number of ether oxygens (including phenoxy) is 2. The fraction of sp³-hybridized carbons (Fsp3) is 1.00. The van der Waals surface area contributed by atoms with E-state index >= 15 is 0 Å². The lowest BCUT2D eigenvalue weighted by Crippen LogP contribution is -2.34. The van der Waals surface area contributed by atoms with Crippen LogP contribution in [0.15, 0.2) is 0 Å². The van der Waals surface area contributed by atoms with Gasteiger partial charge in [-0.2, -0.15) is 0 Å². The van der Waals surface area contributed by atoms with E-state index in [0.29, 0.717) is 13.2 Å². The smallest absolute Gasteiger partial charge is 0.185 e. The van der Waals surface area contributed by atoms with Gasteiger partial charge in [0.05, 0.1) is 6.61 Å². The summed E-state index contributed by atoms with van der Waals surface area (Å²) in [7, 11) is 0. The lowest BCUT2D eigenvalue weighted by Gasteiger charge is -2.21. The molecular weight excluding hydrogens is 160 g/mol. The normalized spacial score (nSPS) is 16.0. The van der Waals surface area contributed by atoms with E-state index in [-0.39, 0.29) is 6.61 Å². The molecule has 0 spiro atoms. The lowest BCUT2D eigenvalue weighted by molar-refractivity contribution is -0.199. The molecule has 0 aliphatic rings. The van der Waals surface area contributed by atoms with Crippen LogP contribution in [0, 0.1) is 0 Å². The Morgan fingerprint density at radius 3 is 2.33 bits per heavy atom. The topological polar surface area (TPSA) is 58.9 Å². The predicted octanol–water partition coefficient (Wildman–Crippen LogP) is 0.129. The summed E-state index contributed by atoms with van der Waals surface area (Å²) >= 11 is 0. The van der Waals surface area contributed by atoms with E-state index in [1.807, 2.05) is 13.8 Å². The van der Waals surface area contributed by atoms with E-state index in [4.69, 9.17) is 14.6 Å². The van der Waals surface area contributed by atoms with Gasteiger partial charge < -0.3 is 19.7 Å². The maximum Gasteiger partial charge on any atom is 0.185 e. The minimum atomic E-state index is -0.948. The molecule has 2 N–H and O–H groups in total. The average Bonchev–Trinajstić information content (AvgIpc) is 2.11. The van der Waals surface area contributed by atoms with Crippen molar-refractivity contribution in [2.75, 3.05) is 19.8 Å². The number of aliphatic hydroxyl groups is 2. The van der Waals surface area contributed by atoms with Crippen LogP contribution in [0.5, 0.6) is 0 Å². The number of aliphatic hydroxyl groups excluding tert-OH is 2. The van der Waals surface area contributed by atoms with Crippen molar-refractivity contribution in [2.24, 2.45) is 0 Å². The molecule has 1 unspecified atom stereocenters. The van der Waals surface area contributed by atoms with Crippen molar-refractivity contribution in [3.8, 4) is 0 Å². The molecule has 74 valence electrons. The Balaban J connectivity index is 3.68. The summed E-state index contributed by atoms with van der Waals surface area (Å²) in [6.07, 6.45) is -0.779. The quantitative estimate of drug-likeness (QED) is 0.544. The minimum absolute atomic E-state index is 0.339. The number of hydrogen-bond acceptors (Lipinski definition) is 4. The highest BCUT2D eigenvalue weighted by molar-refractivity contribution is 4.57. The second-order valence-electron chi connectivity index (χ2n) is 2.44. The fourth-order valence-corrected chi connectivity index (χ4v) is 0.755. The Labute approximate surface area is 73.1 Å². The Hall–Kier alpha value is -0.160. The number of rotatable bonds is 7. The Morgan fingerprint density at radius 2 is 1.92 bits per heavy atom. The van der Waals surface area contributed by atoms with Crippen molar-refractivity contribution in [1.82, 2.24) is 0 Å². The first-order valence-corrected chi connectivity index (χ1v) is 4.28. The largest absolute Gasteiger partial charge is 0.393 e. The maximum absolute atomic E-state index is 9.18. The third-order valence-electron chi connectivity index (χ3n) is 1.32. The standard InChI is InChI=1S/C8H18O4/c1-3-5-12-8(11-4-2)7(10)6-9/h7-10H,3-6H2,1-2H3/t7?,8-/m0/s1. The van der Waals surface area contributed by atoms with E-state index in [1.165, 1.54) is 0 Å². The van der Waals surface area contributed by atoms with Crippen LogP contribution in [-0.2, 0) is 9.47 Å². The minimum Gasteiger partial charge on any atom is -0.393 e. The van der Waals surface area contributed by atoms with Gasteiger partial charge in [-0.15, -0.1) is 0 Å². The zero-order chi connectivity index (χ0) is 9.40. The van der Waals surface area contributed by atoms with Gasteiger partial charge in [-0.1, -0.05) is 6.92 Å². The van der Waals surface area contributed by atoms with Gasteiger partial charge in [-0.3, -0.25) is 0 Å². The molecule has 0 aliphatic carbocycles. The van der Waals surface area contributed by atoms with Crippen molar-refractivity contribution in [3.63, 3.8) is 0 Å². The third-order valence-corrected chi connectivity index (χ3v) is 1.32. The van der Waals surface area contributed by atoms with Gasteiger partial charge in [0.2, 0.25) is 0 Å². The molecule has 0 bridgehead atoms. The van der Waals surface area contributed by atoms with Crippen molar-refractivity contribution < 1.29 is 19.7 Å². The first kappa shape index (κ1) is 11.8. The summed E-state index contributed by atoms with van der Waals surface area (Å²) in [5, 5.41) is 17.8. The highest BCUT2D eigenvalue weighted by Crippen LogP contribution is 2.02. The van der Waals surface area contributed by atoms with Crippen LogP contribution in [0.2, 0.25) is 0 Å². The van der Waals surface area contributed by atoms with Gasteiger partial charge >= 0.3 is 0 Å². The van der Waals surface area contributed by atoms with Crippen LogP contribution >= 0.6 is 0 Å². The monoisotopic (exact) mass is 178 g/mol. The van der Waals surface area contributed by atoms with Crippen LogP contribution in [0.3, 0.4) is 0 Å². The first-order valence-electron chi connectivity index (χ1n) is 4.28. The SMILES string of the molecule is CCCO[C@H](OCC)C(O)CO. The summed E-state index contributed by atoms with van der Waals surface area (Å²) in [6.45, 7) is 4.43. The highest BCUT2D eigenvalue weighted by atomic mass is 16.7. The Bertz CT molecular complexity index is 97.1. The molecule has 0 amide bonds. The highest BCUT2D eigenvalue weighted by Gasteiger charge is 2.18. The molecule has 4 nitrogen and oxygen atoms in total. The molecule has 0 aromatic carbocycles. The van der Waals surface area contributed by atoms with Crippen molar-refractivity contribution in [2.45, 2.75) is 32.7 Å². The zero-order valence-electron chi connectivity index (χ0n) is 7.69. The number of hydrogen-bond donors (Lipinski definition) is 2. The van der Waals surface area contributed by atoms with Gasteiger partial charge in [0.15, 0.2) is 6.29 Å². The Morgan fingerprint density at radius 1 is 1.25 bits per heavy atom. The van der Waals surface area contributed by atoms with Gasteiger partial charge in [0, 0.05) is 13.2 Å². The molecule has 0 heterocycles. The van der Waals surface area contributed by atoms with Crippen LogP contribution in [-0.4, -0.2) is 42.4 Å². The van der Waals surface area contributed by atoms with Crippen LogP contribution in [0.4, 0.5) is 0 Å². The van der Waals surface area contributed by atoms with Gasteiger partial charge in [0.25, 0.3) is 0 Å². The molecule has 0 aromatic rings. The molecule has 0 fully saturated rings. The summed E-state index contributed by atoms with van der Waals surface area (Å²) in [5.41, 5.74) is 0. The average molecular weight is 178 g/mol. The van der Waals surface area contributed by atoms with E-state index in [0.717, 1.165) is 6.42 Å². The van der Waals surface area contributed by atoms with Crippen LogP contribution in [0.1, 0.15) is 20.3 Å². The second kappa shape index (κ2) is 7.49. The van der Waals surface area contributed by atoms with Crippen LogP contribution in [0.25, 0.3) is 0 Å². The molecular formula is C8H18O4. The van der Waals surface area contributed by atoms with Gasteiger partial charge in [-0.05, 0) is 13.3 Å². The molecule has 2 atom stereocenters. The van der Waals surface area contributed by atoms with Crippen LogP contribution < -0.4 is 0 Å². The van der Waals surface area contributed by atoms with E-state index in [1.54, 1.807) is 0 Å². The lowest BCUT2D eigenvalue weighted by atomic mass is 10.3. The van der Waals surface area contributed by atoms with Crippen molar-refractivity contribution in [1.29, 1.82) is 0 Å². The summed E-state index contributed by atoms with van der Waals surface area (Å²) < 4.78 is 10.2. The summed E-state index contributed by atoms with van der Waals surface area (Å²) in [4.78, 5) is 0. The third kappa shape index (κ3) is 4.66. The molecule has 0 saturated carbocycles. The Kier molecular flexibility index (Phi) is 7.39. The van der Waals surface area contributed by atoms with Gasteiger partial charge in [0.1, 0.15) is 6.10 Å². The fourth-order valence-electron chi connectivity index (χ4n) is 0.755. The molecule has 12 heavy (non-hydrogen) atoms. The molecule has 0 saturated heterocycles.